The lowest BCUT2D eigenvalue weighted by atomic mass is 10.1. The summed E-state index contributed by atoms with van der Waals surface area (Å²) >= 11 is 0. The van der Waals surface area contributed by atoms with Crippen molar-refractivity contribution in [2.45, 2.75) is 45.9 Å². The van der Waals surface area contributed by atoms with Gasteiger partial charge in [-0.3, -0.25) is 0 Å². The lowest BCUT2D eigenvalue weighted by molar-refractivity contribution is -0.0123. The molecule has 2 atom stereocenters. The fraction of sp³-hybridized carbons (Fsp3) is 0.625. The monoisotopic (exact) mass is 281 g/mol. The molecule has 0 heterocycles. The molecule has 114 valence electrons. The minimum atomic E-state index is -0.604. The number of hydrogen-bond acceptors (Lipinski definition) is 4. The van der Waals surface area contributed by atoms with E-state index in [4.69, 9.17) is 9.47 Å². The maximum absolute atomic E-state index is 9.76. The number of rotatable bonds is 9. The van der Waals surface area contributed by atoms with E-state index in [2.05, 4.69) is 25.2 Å². The number of aliphatic hydroxyl groups is 1. The molecule has 1 aromatic carbocycles. The van der Waals surface area contributed by atoms with Crippen LogP contribution in [0.4, 0.5) is 0 Å². The standard InChI is InChI=1S/C16H27NO3/c1-5-17-13(4)14-7-6-8-16(9-14)20-11-15(18)10-19-12(2)3/h6-9,12-13,15,17-18H,5,10-11H2,1-4H3. The second-order valence-electron chi connectivity index (χ2n) is 5.20. The van der Waals surface area contributed by atoms with E-state index >= 15 is 0 Å². The minimum absolute atomic E-state index is 0.119. The Morgan fingerprint density at radius 1 is 1.20 bits per heavy atom. The zero-order chi connectivity index (χ0) is 15.0. The molecule has 20 heavy (non-hydrogen) atoms. The molecular formula is C16H27NO3. The van der Waals surface area contributed by atoms with Gasteiger partial charge in [-0.15, -0.1) is 0 Å². The van der Waals surface area contributed by atoms with Gasteiger partial charge in [0.15, 0.2) is 0 Å². The Hall–Kier alpha value is -1.10. The molecule has 0 bridgehead atoms. The van der Waals surface area contributed by atoms with Crippen LogP contribution < -0.4 is 10.1 Å². The molecule has 0 radical (unpaired) electrons. The third-order valence-electron chi connectivity index (χ3n) is 2.93. The first kappa shape index (κ1) is 17.0. The highest BCUT2D eigenvalue weighted by atomic mass is 16.5. The summed E-state index contributed by atoms with van der Waals surface area (Å²) in [5.41, 5.74) is 1.18. The largest absolute Gasteiger partial charge is 0.491 e. The van der Waals surface area contributed by atoms with E-state index in [1.54, 1.807) is 0 Å². The Morgan fingerprint density at radius 3 is 2.60 bits per heavy atom. The van der Waals surface area contributed by atoms with Gasteiger partial charge in [-0.05, 0) is 45.0 Å². The van der Waals surface area contributed by atoms with Crippen LogP contribution in [0.3, 0.4) is 0 Å². The van der Waals surface area contributed by atoms with E-state index in [9.17, 15) is 5.11 Å². The maximum atomic E-state index is 9.76. The molecule has 0 fully saturated rings. The van der Waals surface area contributed by atoms with Crippen LogP contribution in [0.1, 0.15) is 39.3 Å². The highest BCUT2D eigenvalue weighted by molar-refractivity contribution is 5.30. The molecule has 1 rings (SSSR count). The van der Waals surface area contributed by atoms with E-state index in [-0.39, 0.29) is 18.8 Å². The van der Waals surface area contributed by atoms with Gasteiger partial charge in [0.1, 0.15) is 18.5 Å². The lowest BCUT2D eigenvalue weighted by Crippen LogP contribution is -2.25. The molecule has 0 aliphatic rings. The molecule has 0 aliphatic heterocycles. The first-order chi connectivity index (χ1) is 9.52. The highest BCUT2D eigenvalue weighted by Crippen LogP contribution is 2.19. The summed E-state index contributed by atoms with van der Waals surface area (Å²) in [5, 5.41) is 13.1. The number of hydrogen-bond donors (Lipinski definition) is 2. The van der Waals surface area contributed by atoms with Crippen molar-refractivity contribution >= 4 is 0 Å². The summed E-state index contributed by atoms with van der Waals surface area (Å²) < 4.78 is 11.0. The van der Waals surface area contributed by atoms with Crippen LogP contribution in [-0.4, -0.2) is 37.1 Å². The Bertz CT molecular complexity index is 382. The predicted molar refractivity (Wildman–Crippen MR) is 81.1 cm³/mol. The van der Waals surface area contributed by atoms with E-state index in [1.165, 1.54) is 5.56 Å². The number of ether oxygens (including phenoxy) is 2. The van der Waals surface area contributed by atoms with Crippen LogP contribution in [0.5, 0.6) is 5.75 Å². The van der Waals surface area contributed by atoms with E-state index in [0.717, 1.165) is 12.3 Å². The maximum Gasteiger partial charge on any atom is 0.119 e. The fourth-order valence-electron chi connectivity index (χ4n) is 1.84. The number of benzene rings is 1. The molecule has 0 spiro atoms. The van der Waals surface area contributed by atoms with Crippen molar-refractivity contribution in [3.8, 4) is 5.75 Å². The summed E-state index contributed by atoms with van der Waals surface area (Å²) in [4.78, 5) is 0. The number of nitrogens with one attached hydrogen (secondary N) is 1. The van der Waals surface area contributed by atoms with Crippen LogP contribution in [0, 0.1) is 0 Å². The van der Waals surface area contributed by atoms with Crippen molar-refractivity contribution < 1.29 is 14.6 Å². The molecule has 0 amide bonds. The van der Waals surface area contributed by atoms with E-state index in [1.807, 2.05) is 32.0 Å². The molecule has 2 unspecified atom stereocenters. The summed E-state index contributed by atoms with van der Waals surface area (Å²) in [6.07, 6.45) is -0.485. The van der Waals surface area contributed by atoms with Crippen LogP contribution >= 0.6 is 0 Å². The van der Waals surface area contributed by atoms with Gasteiger partial charge < -0.3 is 19.9 Å². The molecule has 2 N–H and O–H groups in total. The molecule has 4 nitrogen and oxygen atoms in total. The Morgan fingerprint density at radius 2 is 1.95 bits per heavy atom. The van der Waals surface area contributed by atoms with E-state index in [0.29, 0.717) is 6.61 Å². The average molecular weight is 281 g/mol. The molecule has 0 saturated carbocycles. The number of aliphatic hydroxyl groups excluding tert-OH is 1. The van der Waals surface area contributed by atoms with Crippen LogP contribution in [0.2, 0.25) is 0 Å². The van der Waals surface area contributed by atoms with Crippen molar-refractivity contribution in [3.63, 3.8) is 0 Å². The normalized spacial score (nSPS) is 14.3. The van der Waals surface area contributed by atoms with Crippen molar-refractivity contribution in [1.82, 2.24) is 5.32 Å². The Labute approximate surface area is 122 Å². The zero-order valence-electron chi connectivity index (χ0n) is 12.9. The van der Waals surface area contributed by atoms with Crippen molar-refractivity contribution in [2.24, 2.45) is 0 Å². The molecule has 0 saturated heterocycles. The van der Waals surface area contributed by atoms with Gasteiger partial charge in [-0.25, -0.2) is 0 Å². The van der Waals surface area contributed by atoms with Crippen LogP contribution in [0.15, 0.2) is 24.3 Å². The smallest absolute Gasteiger partial charge is 0.119 e. The fourth-order valence-corrected chi connectivity index (χ4v) is 1.84. The SMILES string of the molecule is CCNC(C)c1cccc(OCC(O)COC(C)C)c1. The summed E-state index contributed by atoms with van der Waals surface area (Å²) in [7, 11) is 0. The second-order valence-corrected chi connectivity index (χ2v) is 5.20. The van der Waals surface area contributed by atoms with Gasteiger partial charge in [-0.2, -0.15) is 0 Å². The van der Waals surface area contributed by atoms with Gasteiger partial charge in [-0.1, -0.05) is 19.1 Å². The van der Waals surface area contributed by atoms with Gasteiger partial charge in [0.2, 0.25) is 0 Å². The first-order valence-electron chi connectivity index (χ1n) is 7.28. The predicted octanol–water partition coefficient (Wildman–Crippen LogP) is 2.52. The van der Waals surface area contributed by atoms with Crippen molar-refractivity contribution in [1.29, 1.82) is 0 Å². The van der Waals surface area contributed by atoms with Gasteiger partial charge in [0, 0.05) is 6.04 Å². The van der Waals surface area contributed by atoms with Crippen LogP contribution in [-0.2, 0) is 4.74 Å². The van der Waals surface area contributed by atoms with Gasteiger partial charge in [0.05, 0.1) is 12.7 Å². The summed E-state index contributed by atoms with van der Waals surface area (Å²) in [6.45, 7) is 9.56. The summed E-state index contributed by atoms with van der Waals surface area (Å²) in [5.74, 6) is 0.774. The average Bonchev–Trinajstić information content (AvgIpc) is 2.43. The van der Waals surface area contributed by atoms with Crippen molar-refractivity contribution in [3.05, 3.63) is 29.8 Å². The molecular weight excluding hydrogens is 254 g/mol. The van der Waals surface area contributed by atoms with Crippen LogP contribution in [0.25, 0.3) is 0 Å². The second kappa shape index (κ2) is 8.95. The third kappa shape index (κ3) is 6.37. The quantitative estimate of drug-likeness (QED) is 0.730. The topological polar surface area (TPSA) is 50.7 Å². The lowest BCUT2D eigenvalue weighted by Gasteiger charge is -2.16. The molecule has 0 aromatic heterocycles. The Kier molecular flexibility index (Phi) is 7.59. The first-order valence-corrected chi connectivity index (χ1v) is 7.28. The highest BCUT2D eigenvalue weighted by Gasteiger charge is 2.08. The zero-order valence-corrected chi connectivity index (χ0v) is 12.9. The van der Waals surface area contributed by atoms with Gasteiger partial charge >= 0.3 is 0 Å². The molecule has 4 heteroatoms. The minimum Gasteiger partial charge on any atom is -0.491 e. The van der Waals surface area contributed by atoms with E-state index < -0.39 is 6.10 Å². The summed E-state index contributed by atoms with van der Waals surface area (Å²) in [6, 6.07) is 8.23. The molecule has 1 aromatic rings. The van der Waals surface area contributed by atoms with Crippen molar-refractivity contribution in [2.75, 3.05) is 19.8 Å². The third-order valence-corrected chi connectivity index (χ3v) is 2.93. The molecule has 0 aliphatic carbocycles. The Balaban J connectivity index is 2.45. The van der Waals surface area contributed by atoms with Gasteiger partial charge in [0.25, 0.3) is 0 Å².